The highest BCUT2D eigenvalue weighted by Gasteiger charge is 2.29. The Morgan fingerprint density at radius 3 is 2.93 bits per heavy atom. The van der Waals surface area contributed by atoms with Crippen molar-refractivity contribution in [2.45, 2.75) is 19.9 Å². The van der Waals surface area contributed by atoms with Gasteiger partial charge in [-0.15, -0.1) is 0 Å². The monoisotopic (exact) mass is 366 g/mol. The summed E-state index contributed by atoms with van der Waals surface area (Å²) in [4.78, 5) is 21.5. The minimum absolute atomic E-state index is 0.00374. The number of amides is 1. The number of aromatic nitrogens is 3. The molecule has 2 aromatic heterocycles. The number of piperazine rings is 1. The van der Waals surface area contributed by atoms with Gasteiger partial charge in [0.25, 0.3) is 11.9 Å². The topological polar surface area (TPSA) is 90.3 Å². The number of rotatable bonds is 2. The van der Waals surface area contributed by atoms with Gasteiger partial charge in [-0.05, 0) is 24.6 Å². The van der Waals surface area contributed by atoms with E-state index in [9.17, 15) is 4.79 Å². The summed E-state index contributed by atoms with van der Waals surface area (Å²) in [6.07, 6.45) is 0.889. The number of carbonyl (C=O) groups is 1. The van der Waals surface area contributed by atoms with Crippen LogP contribution in [0.15, 0.2) is 22.6 Å². The van der Waals surface area contributed by atoms with Crippen LogP contribution in [0.5, 0.6) is 0 Å². The van der Waals surface area contributed by atoms with Crippen molar-refractivity contribution in [2.75, 3.05) is 37.6 Å². The molecule has 0 unspecified atom stereocenters. The van der Waals surface area contributed by atoms with Crippen molar-refractivity contribution in [2.24, 2.45) is 0 Å². The van der Waals surface area contributed by atoms with Crippen molar-refractivity contribution in [3.8, 4) is 0 Å². The van der Waals surface area contributed by atoms with Gasteiger partial charge >= 0.3 is 0 Å². The van der Waals surface area contributed by atoms with Gasteiger partial charge in [0.05, 0.1) is 0 Å². The maximum Gasteiger partial charge on any atom is 0.298 e. The average Bonchev–Trinajstić information content (AvgIpc) is 3.31. The number of carbonyl (C=O) groups excluding carboxylic acids is 1. The van der Waals surface area contributed by atoms with E-state index in [2.05, 4.69) is 25.4 Å². The van der Waals surface area contributed by atoms with Crippen LogP contribution in [0, 0.1) is 6.92 Å². The van der Waals surface area contributed by atoms with Gasteiger partial charge in [0.1, 0.15) is 5.52 Å². The zero-order valence-corrected chi connectivity index (χ0v) is 15.3. The third kappa shape index (κ3) is 2.86. The SMILES string of the molecule is Cc1ccc2oc(N3CCN(C(=O)c4n[nH]c5c4CNCC5)CC3)nc2c1. The van der Waals surface area contributed by atoms with Crippen LogP contribution in [0.2, 0.25) is 0 Å². The molecule has 8 nitrogen and oxygen atoms in total. The summed E-state index contributed by atoms with van der Waals surface area (Å²) in [7, 11) is 0. The van der Waals surface area contributed by atoms with E-state index in [4.69, 9.17) is 4.42 Å². The molecule has 2 N–H and O–H groups in total. The molecule has 0 spiro atoms. The number of aryl methyl sites for hydroxylation is 1. The van der Waals surface area contributed by atoms with E-state index in [0.717, 1.165) is 40.9 Å². The second-order valence-corrected chi connectivity index (χ2v) is 7.20. The number of benzene rings is 1. The van der Waals surface area contributed by atoms with Crippen LogP contribution in [0.25, 0.3) is 11.1 Å². The van der Waals surface area contributed by atoms with Crippen LogP contribution < -0.4 is 10.2 Å². The first kappa shape index (κ1) is 16.3. The first-order valence-electron chi connectivity index (χ1n) is 9.37. The molecule has 0 bridgehead atoms. The summed E-state index contributed by atoms with van der Waals surface area (Å²) < 4.78 is 5.89. The van der Waals surface area contributed by atoms with E-state index in [1.54, 1.807) is 0 Å². The quantitative estimate of drug-likeness (QED) is 0.714. The summed E-state index contributed by atoms with van der Waals surface area (Å²) in [5, 5.41) is 10.6. The Kier molecular flexibility index (Phi) is 3.86. The molecule has 1 amide bonds. The van der Waals surface area contributed by atoms with Crippen molar-refractivity contribution in [1.29, 1.82) is 0 Å². The minimum atomic E-state index is 0.00374. The summed E-state index contributed by atoms with van der Waals surface area (Å²) >= 11 is 0. The summed E-state index contributed by atoms with van der Waals surface area (Å²) in [6, 6.07) is 6.63. The highest BCUT2D eigenvalue weighted by atomic mass is 16.4. The van der Waals surface area contributed by atoms with Gasteiger partial charge in [0, 0.05) is 56.9 Å². The van der Waals surface area contributed by atoms with E-state index in [1.165, 1.54) is 0 Å². The van der Waals surface area contributed by atoms with Crippen LogP contribution in [0.1, 0.15) is 27.3 Å². The van der Waals surface area contributed by atoms with Crippen molar-refractivity contribution < 1.29 is 9.21 Å². The lowest BCUT2D eigenvalue weighted by Crippen LogP contribution is -2.49. The van der Waals surface area contributed by atoms with Crippen LogP contribution in [0.4, 0.5) is 6.01 Å². The van der Waals surface area contributed by atoms with Crippen molar-refractivity contribution in [1.82, 2.24) is 25.4 Å². The lowest BCUT2D eigenvalue weighted by Gasteiger charge is -2.33. The lowest BCUT2D eigenvalue weighted by atomic mass is 10.1. The van der Waals surface area contributed by atoms with E-state index in [-0.39, 0.29) is 5.91 Å². The van der Waals surface area contributed by atoms with E-state index in [1.807, 2.05) is 30.0 Å². The number of hydrogen-bond acceptors (Lipinski definition) is 6. The first-order chi connectivity index (χ1) is 13.2. The Hall–Kier alpha value is -2.87. The molecule has 1 aromatic carbocycles. The number of H-pyrrole nitrogens is 1. The maximum absolute atomic E-state index is 12.9. The predicted octanol–water partition coefficient (Wildman–Crippen LogP) is 1.47. The van der Waals surface area contributed by atoms with Gasteiger partial charge in [0.15, 0.2) is 11.3 Å². The van der Waals surface area contributed by atoms with E-state index < -0.39 is 0 Å². The van der Waals surface area contributed by atoms with Crippen LogP contribution in [-0.4, -0.2) is 58.7 Å². The maximum atomic E-state index is 12.9. The Labute approximate surface area is 156 Å². The Balaban J connectivity index is 1.29. The lowest BCUT2D eigenvalue weighted by molar-refractivity contribution is 0.0737. The van der Waals surface area contributed by atoms with Crippen LogP contribution >= 0.6 is 0 Å². The third-order valence-electron chi connectivity index (χ3n) is 5.38. The Bertz CT molecular complexity index is 999. The van der Waals surface area contributed by atoms with Gasteiger partial charge in [-0.1, -0.05) is 6.07 Å². The fourth-order valence-corrected chi connectivity index (χ4v) is 3.81. The number of nitrogens with one attached hydrogen (secondary N) is 2. The molecule has 27 heavy (non-hydrogen) atoms. The zero-order valence-electron chi connectivity index (χ0n) is 15.3. The van der Waals surface area contributed by atoms with Gasteiger partial charge in [-0.3, -0.25) is 9.89 Å². The molecular formula is C19H22N6O2. The van der Waals surface area contributed by atoms with Crippen molar-refractivity contribution in [3.63, 3.8) is 0 Å². The molecule has 0 radical (unpaired) electrons. The van der Waals surface area contributed by atoms with Gasteiger partial charge < -0.3 is 19.5 Å². The first-order valence-corrected chi connectivity index (χ1v) is 9.37. The molecular weight excluding hydrogens is 344 g/mol. The largest absolute Gasteiger partial charge is 0.423 e. The summed E-state index contributed by atoms with van der Waals surface area (Å²) in [6.45, 7) is 6.32. The van der Waals surface area contributed by atoms with Gasteiger partial charge in [-0.25, -0.2) is 0 Å². The molecule has 2 aliphatic heterocycles. The zero-order chi connectivity index (χ0) is 18.4. The Morgan fingerprint density at radius 2 is 2.07 bits per heavy atom. The molecule has 5 rings (SSSR count). The predicted molar refractivity (Wildman–Crippen MR) is 101 cm³/mol. The minimum Gasteiger partial charge on any atom is -0.423 e. The molecule has 140 valence electrons. The van der Waals surface area contributed by atoms with Crippen molar-refractivity contribution in [3.05, 3.63) is 40.7 Å². The standard InChI is InChI=1S/C19H22N6O2/c1-12-2-3-16-15(10-12)21-19(27-16)25-8-6-24(7-9-25)18(26)17-13-11-20-5-4-14(13)22-23-17/h2-3,10,20H,4-9,11H2,1H3,(H,22,23). The van der Waals surface area contributed by atoms with Gasteiger partial charge in [0.2, 0.25) is 0 Å². The van der Waals surface area contributed by atoms with Crippen LogP contribution in [-0.2, 0) is 13.0 Å². The number of fused-ring (bicyclic) bond motifs is 2. The number of oxazole rings is 1. The number of anilines is 1. The molecule has 4 heterocycles. The smallest absolute Gasteiger partial charge is 0.298 e. The fourth-order valence-electron chi connectivity index (χ4n) is 3.81. The van der Waals surface area contributed by atoms with E-state index >= 15 is 0 Å². The fraction of sp³-hybridized carbons (Fsp3) is 0.421. The third-order valence-corrected chi connectivity index (χ3v) is 5.38. The summed E-state index contributed by atoms with van der Waals surface area (Å²) in [5.41, 5.74) is 5.49. The highest BCUT2D eigenvalue weighted by molar-refractivity contribution is 5.94. The molecule has 1 fully saturated rings. The average molecular weight is 366 g/mol. The molecule has 3 aromatic rings. The second-order valence-electron chi connectivity index (χ2n) is 7.20. The van der Waals surface area contributed by atoms with Gasteiger partial charge in [-0.2, -0.15) is 10.1 Å². The molecule has 8 heteroatoms. The molecule has 0 aliphatic carbocycles. The second kappa shape index (κ2) is 6.38. The number of aromatic amines is 1. The molecule has 1 saturated heterocycles. The van der Waals surface area contributed by atoms with E-state index in [0.29, 0.717) is 44.4 Å². The molecule has 0 saturated carbocycles. The summed E-state index contributed by atoms with van der Waals surface area (Å²) in [5.74, 6) is 0.00374. The number of nitrogens with zero attached hydrogens (tertiary/aromatic N) is 4. The molecule has 0 atom stereocenters. The number of hydrogen-bond donors (Lipinski definition) is 2. The molecule has 2 aliphatic rings. The van der Waals surface area contributed by atoms with Crippen LogP contribution in [0.3, 0.4) is 0 Å². The normalized spacial score (nSPS) is 17.4. The van der Waals surface area contributed by atoms with Crippen molar-refractivity contribution >= 4 is 23.0 Å². The highest BCUT2D eigenvalue weighted by Crippen LogP contribution is 2.24. The Morgan fingerprint density at radius 1 is 1.22 bits per heavy atom.